The van der Waals surface area contributed by atoms with Crippen LogP contribution in [0, 0.1) is 0 Å². The molecule has 0 atom stereocenters. The van der Waals surface area contributed by atoms with Crippen molar-refractivity contribution < 1.29 is 9.59 Å². The van der Waals surface area contributed by atoms with Gasteiger partial charge in [-0.25, -0.2) is 0 Å². The summed E-state index contributed by atoms with van der Waals surface area (Å²) in [5.41, 5.74) is 27.8. The fourth-order valence-electron chi connectivity index (χ4n) is 13.3. The Morgan fingerprint density at radius 1 is 0.306 bits per heavy atom. The predicted molar refractivity (Wildman–Crippen MR) is 355 cm³/mol. The number of nitrogens with zero attached hydrogens (tertiary/aromatic N) is 1. The van der Waals surface area contributed by atoms with E-state index in [1.54, 1.807) is 0 Å². The minimum absolute atomic E-state index is 0.0286. The Bertz CT molecular complexity index is 4600. The SMILES string of the molecule is CC1(C)c2ccccc2-c2ccc(N(c3ccc(-c4ccccc4)cc3)c3cccc4c3C(=O)c3ccccc3-4)cc21.CC1(C)c2ccccc2-c2ccc(Nc3ccc(-c4ccccc4)cc3)cc21.O=C1c2ccccc2-c2cccc(Br)c21. The molecule has 4 nitrogen and oxygen atoms in total. The zero-order valence-corrected chi connectivity index (χ0v) is 49.3. The van der Waals surface area contributed by atoms with Crippen LogP contribution in [-0.4, -0.2) is 11.6 Å². The molecule has 12 aromatic rings. The summed E-state index contributed by atoms with van der Waals surface area (Å²) in [5, 5.41) is 3.58. The Morgan fingerprint density at radius 3 is 1.26 bits per heavy atom. The quantitative estimate of drug-likeness (QED) is 0.173. The second-order valence-corrected chi connectivity index (χ2v) is 24.1. The zero-order valence-electron chi connectivity index (χ0n) is 47.7. The molecule has 16 rings (SSSR count). The molecule has 0 aromatic heterocycles. The van der Waals surface area contributed by atoms with Gasteiger partial charge in [0.05, 0.1) is 11.3 Å². The van der Waals surface area contributed by atoms with Gasteiger partial charge < -0.3 is 10.2 Å². The second kappa shape index (κ2) is 21.4. The molecule has 0 spiro atoms. The van der Waals surface area contributed by atoms with Crippen LogP contribution >= 0.6 is 15.9 Å². The molecule has 0 saturated heterocycles. The number of fused-ring (bicyclic) bond motifs is 12. The summed E-state index contributed by atoms with van der Waals surface area (Å²) >= 11 is 3.43. The number of benzene rings is 12. The van der Waals surface area contributed by atoms with Crippen molar-refractivity contribution in [1.82, 2.24) is 0 Å². The van der Waals surface area contributed by atoms with Gasteiger partial charge in [0.25, 0.3) is 0 Å². The maximum absolute atomic E-state index is 13.9. The number of carbonyl (C=O) groups excluding carboxylic acids is 2. The van der Waals surface area contributed by atoms with Gasteiger partial charge in [0, 0.05) is 54.7 Å². The molecule has 0 saturated carbocycles. The molecule has 4 aliphatic rings. The molecule has 0 heterocycles. The third kappa shape index (κ3) is 9.24. The number of rotatable bonds is 7. The van der Waals surface area contributed by atoms with Gasteiger partial charge >= 0.3 is 0 Å². The van der Waals surface area contributed by atoms with Crippen LogP contribution in [0.15, 0.2) is 284 Å². The van der Waals surface area contributed by atoms with E-state index in [4.69, 9.17) is 0 Å². The van der Waals surface area contributed by atoms with Gasteiger partial charge in [0.15, 0.2) is 11.6 Å². The van der Waals surface area contributed by atoms with E-state index in [0.717, 1.165) is 83.0 Å². The maximum atomic E-state index is 13.9. The van der Waals surface area contributed by atoms with Crippen molar-refractivity contribution in [2.75, 3.05) is 10.2 Å². The second-order valence-electron chi connectivity index (χ2n) is 23.3. The van der Waals surface area contributed by atoms with Crippen molar-refractivity contribution in [3.63, 3.8) is 0 Å². The molecule has 12 aromatic carbocycles. The first-order valence-electron chi connectivity index (χ1n) is 29.0. The van der Waals surface area contributed by atoms with Crippen molar-refractivity contribution in [1.29, 1.82) is 0 Å². The number of anilines is 5. The molecular weight excluding hydrogens is 1100 g/mol. The minimum Gasteiger partial charge on any atom is -0.356 e. The highest BCUT2D eigenvalue weighted by Gasteiger charge is 2.38. The van der Waals surface area contributed by atoms with Crippen LogP contribution < -0.4 is 10.2 Å². The Labute approximate surface area is 505 Å². The van der Waals surface area contributed by atoms with E-state index in [9.17, 15) is 9.59 Å². The Morgan fingerprint density at radius 2 is 0.694 bits per heavy atom. The molecule has 0 unspecified atom stereocenters. The minimum atomic E-state index is -0.129. The van der Waals surface area contributed by atoms with Gasteiger partial charge in [-0.15, -0.1) is 0 Å². The summed E-state index contributed by atoms with van der Waals surface area (Å²) in [4.78, 5) is 28.3. The van der Waals surface area contributed by atoms with Gasteiger partial charge in [0.1, 0.15) is 0 Å². The van der Waals surface area contributed by atoms with Gasteiger partial charge in [-0.05, 0) is 150 Å². The number of nitrogens with one attached hydrogen (secondary N) is 1. The van der Waals surface area contributed by atoms with Crippen LogP contribution in [0.5, 0.6) is 0 Å². The van der Waals surface area contributed by atoms with E-state index in [1.165, 1.54) is 61.2 Å². The van der Waals surface area contributed by atoms with E-state index in [-0.39, 0.29) is 22.4 Å². The first-order chi connectivity index (χ1) is 41.4. The molecule has 0 radical (unpaired) electrons. The topological polar surface area (TPSA) is 49.4 Å². The summed E-state index contributed by atoms with van der Waals surface area (Å²) in [5.74, 6) is 0.198. The van der Waals surface area contributed by atoms with Crippen LogP contribution in [-0.2, 0) is 10.8 Å². The smallest absolute Gasteiger partial charge is 0.196 e. The lowest BCUT2D eigenvalue weighted by atomic mass is 9.82. The first kappa shape index (κ1) is 53.1. The number of hydrogen-bond donors (Lipinski definition) is 1. The van der Waals surface area contributed by atoms with E-state index in [1.807, 2.05) is 72.8 Å². The van der Waals surface area contributed by atoms with Crippen molar-refractivity contribution in [2.24, 2.45) is 0 Å². The van der Waals surface area contributed by atoms with Crippen LogP contribution in [0.3, 0.4) is 0 Å². The fraction of sp³-hybridized carbons (Fsp3) is 0.0750. The zero-order chi connectivity index (χ0) is 58.0. The maximum Gasteiger partial charge on any atom is 0.196 e. The third-order valence-electron chi connectivity index (χ3n) is 17.6. The van der Waals surface area contributed by atoms with Crippen LogP contribution in [0.25, 0.3) is 66.8 Å². The van der Waals surface area contributed by atoms with Gasteiger partial charge in [-0.2, -0.15) is 0 Å². The number of ketones is 2. The average Bonchev–Trinajstić information content (AvgIpc) is 2.17. The van der Waals surface area contributed by atoms with Crippen LogP contribution in [0.1, 0.15) is 81.8 Å². The molecule has 1 N–H and O–H groups in total. The molecular formula is C80H59BrN2O2. The van der Waals surface area contributed by atoms with Crippen LogP contribution in [0.2, 0.25) is 0 Å². The van der Waals surface area contributed by atoms with E-state index < -0.39 is 0 Å². The van der Waals surface area contributed by atoms with Crippen molar-refractivity contribution in [3.05, 3.63) is 328 Å². The lowest BCUT2D eigenvalue weighted by Crippen LogP contribution is -2.17. The summed E-state index contributed by atoms with van der Waals surface area (Å²) in [6, 6.07) is 97.0. The molecule has 5 heteroatoms. The standard InChI is InChI=1S/C40H29NO.C27H23N.C13H7BrO/c1-40(2)35-17-9-8-14-31(35)32-24-23-29(25-36(32)40)41(28-21-19-27(20-22-28)26-11-4-3-5-12-26)37-18-10-16-33-30-13-6-7-15-34(30)39(42)38(33)37;1-27(2)25-11-7-6-10-23(25)24-17-16-22(18-26(24)27)28-21-14-12-20(13-15-21)19-8-4-3-5-9-19;14-11-7-3-6-9-8-4-1-2-5-10(8)13(15)12(9)11/h3-25H,1-2H3;3-18,28H,1-2H3;1-7H. The summed E-state index contributed by atoms with van der Waals surface area (Å²) in [7, 11) is 0. The van der Waals surface area contributed by atoms with Crippen molar-refractivity contribution in [3.8, 4) is 66.8 Å². The molecule has 0 amide bonds. The van der Waals surface area contributed by atoms with E-state index in [2.05, 4.69) is 260 Å². The molecule has 0 aliphatic heterocycles. The highest BCUT2D eigenvalue weighted by molar-refractivity contribution is 9.10. The molecule has 0 bridgehead atoms. The average molecular weight is 1160 g/mol. The molecule has 0 fully saturated rings. The van der Waals surface area contributed by atoms with E-state index >= 15 is 0 Å². The number of carbonyl (C=O) groups is 2. The lowest BCUT2D eigenvalue weighted by molar-refractivity contribution is 0.103. The van der Waals surface area contributed by atoms with Crippen molar-refractivity contribution in [2.45, 2.75) is 38.5 Å². The highest BCUT2D eigenvalue weighted by atomic mass is 79.9. The summed E-state index contributed by atoms with van der Waals surface area (Å²) in [6.45, 7) is 9.24. The van der Waals surface area contributed by atoms with Gasteiger partial charge in [-0.3, -0.25) is 9.59 Å². The molecule has 85 heavy (non-hydrogen) atoms. The molecule has 4 aliphatic carbocycles. The lowest BCUT2D eigenvalue weighted by Gasteiger charge is -2.29. The Hall–Kier alpha value is -9.94. The fourth-order valence-corrected chi connectivity index (χ4v) is 13.8. The number of hydrogen-bond acceptors (Lipinski definition) is 4. The normalized spacial score (nSPS) is 13.5. The van der Waals surface area contributed by atoms with Gasteiger partial charge in [0.2, 0.25) is 0 Å². The Kier molecular flexibility index (Phi) is 13.3. The van der Waals surface area contributed by atoms with E-state index in [0.29, 0.717) is 0 Å². The highest BCUT2D eigenvalue weighted by Crippen LogP contribution is 2.53. The van der Waals surface area contributed by atoms with Crippen LogP contribution in [0.4, 0.5) is 28.4 Å². The first-order valence-corrected chi connectivity index (χ1v) is 29.8. The Balaban J connectivity index is 0.000000127. The third-order valence-corrected chi connectivity index (χ3v) is 18.3. The monoisotopic (exact) mass is 1160 g/mol. The summed E-state index contributed by atoms with van der Waals surface area (Å²) < 4.78 is 0.876. The number of halogens is 1. The van der Waals surface area contributed by atoms with Crippen molar-refractivity contribution >= 4 is 55.9 Å². The summed E-state index contributed by atoms with van der Waals surface area (Å²) in [6.07, 6.45) is 0. The predicted octanol–water partition coefficient (Wildman–Crippen LogP) is 21.4. The molecule has 408 valence electrons. The largest absolute Gasteiger partial charge is 0.356 e. The van der Waals surface area contributed by atoms with Gasteiger partial charge in [-0.1, -0.05) is 262 Å².